The third kappa shape index (κ3) is 6.77. The van der Waals surface area contributed by atoms with E-state index in [1.807, 2.05) is 30.3 Å². The van der Waals surface area contributed by atoms with Gasteiger partial charge >= 0.3 is 5.97 Å². The van der Waals surface area contributed by atoms with Gasteiger partial charge in [0.25, 0.3) is 0 Å². The van der Waals surface area contributed by atoms with Gasteiger partial charge in [-0.25, -0.2) is 0 Å². The Morgan fingerprint density at radius 3 is 2.58 bits per heavy atom. The Hall–Kier alpha value is -1.92. The number of carbonyl (C=O) groups is 2. The standard InChI is InChI=1S/C20H30N2O4/c1-26-20(24)14-21-19(23)13-12-18(17-10-6-3-7-11-17)22(25)15-16-8-4-2-5-9-16/h2,4-5,8-9,17-18,25H,3,6-7,10-15H2,1H3,(H,21,23). The van der Waals surface area contributed by atoms with Gasteiger partial charge in [0.1, 0.15) is 6.54 Å². The second kappa shape index (κ2) is 10.9. The number of carbonyl (C=O) groups excluding carboxylic acids is 2. The molecule has 1 unspecified atom stereocenters. The predicted octanol–water partition coefficient (Wildman–Crippen LogP) is 2.90. The lowest BCUT2D eigenvalue weighted by molar-refractivity contribution is -0.156. The van der Waals surface area contributed by atoms with Crippen LogP contribution in [0.1, 0.15) is 50.5 Å². The van der Waals surface area contributed by atoms with Crippen LogP contribution in [-0.2, 0) is 20.9 Å². The molecule has 1 saturated carbocycles. The topological polar surface area (TPSA) is 78.9 Å². The largest absolute Gasteiger partial charge is 0.468 e. The lowest BCUT2D eigenvalue weighted by Crippen LogP contribution is -2.40. The van der Waals surface area contributed by atoms with Gasteiger partial charge in [0, 0.05) is 19.0 Å². The lowest BCUT2D eigenvalue weighted by Gasteiger charge is -2.35. The van der Waals surface area contributed by atoms with Crippen LogP contribution in [-0.4, -0.2) is 41.8 Å². The summed E-state index contributed by atoms with van der Waals surface area (Å²) in [5, 5.41) is 14.7. The third-order valence-corrected chi connectivity index (χ3v) is 5.09. The molecule has 2 N–H and O–H groups in total. The monoisotopic (exact) mass is 362 g/mol. The molecular weight excluding hydrogens is 332 g/mol. The molecule has 1 aromatic rings. The van der Waals surface area contributed by atoms with E-state index in [9.17, 15) is 14.8 Å². The van der Waals surface area contributed by atoms with Crippen LogP contribution in [0.25, 0.3) is 0 Å². The van der Waals surface area contributed by atoms with Crippen LogP contribution in [0.5, 0.6) is 0 Å². The molecule has 6 heteroatoms. The fourth-order valence-electron chi connectivity index (χ4n) is 3.65. The number of hydrogen-bond donors (Lipinski definition) is 2. The second-order valence-corrected chi connectivity index (χ2v) is 6.94. The van der Waals surface area contributed by atoms with Crippen molar-refractivity contribution in [2.75, 3.05) is 13.7 Å². The number of hydroxylamine groups is 2. The van der Waals surface area contributed by atoms with Crippen molar-refractivity contribution in [1.29, 1.82) is 0 Å². The van der Waals surface area contributed by atoms with Gasteiger partial charge in [-0.2, -0.15) is 5.06 Å². The van der Waals surface area contributed by atoms with E-state index in [0.29, 0.717) is 18.9 Å². The molecule has 1 fully saturated rings. The molecule has 0 radical (unpaired) electrons. The quantitative estimate of drug-likeness (QED) is 0.522. The van der Waals surface area contributed by atoms with Crippen molar-refractivity contribution in [3.8, 4) is 0 Å². The average molecular weight is 362 g/mol. The van der Waals surface area contributed by atoms with Crippen molar-refractivity contribution in [2.24, 2.45) is 5.92 Å². The van der Waals surface area contributed by atoms with Crippen LogP contribution in [0.2, 0.25) is 0 Å². The Morgan fingerprint density at radius 2 is 1.92 bits per heavy atom. The molecule has 0 aromatic heterocycles. The minimum absolute atomic E-state index is 0.0561. The molecule has 1 aromatic carbocycles. The highest BCUT2D eigenvalue weighted by molar-refractivity contribution is 5.81. The molecule has 1 aliphatic rings. The predicted molar refractivity (Wildman–Crippen MR) is 98.4 cm³/mol. The number of methoxy groups -OCH3 is 1. The van der Waals surface area contributed by atoms with Crippen molar-refractivity contribution in [1.82, 2.24) is 10.4 Å². The summed E-state index contributed by atoms with van der Waals surface area (Å²) in [7, 11) is 1.29. The first-order chi connectivity index (χ1) is 12.6. The normalized spacial score (nSPS) is 16.3. The van der Waals surface area contributed by atoms with Crippen molar-refractivity contribution in [3.63, 3.8) is 0 Å². The molecule has 1 atom stereocenters. The molecule has 0 bridgehead atoms. The van der Waals surface area contributed by atoms with Crippen LogP contribution in [0.3, 0.4) is 0 Å². The summed E-state index contributed by atoms with van der Waals surface area (Å²) in [5.41, 5.74) is 1.05. The summed E-state index contributed by atoms with van der Waals surface area (Å²) in [6, 6.07) is 9.79. The van der Waals surface area contributed by atoms with E-state index in [2.05, 4.69) is 10.1 Å². The maximum Gasteiger partial charge on any atom is 0.325 e. The van der Waals surface area contributed by atoms with Crippen molar-refractivity contribution in [2.45, 2.75) is 57.5 Å². The van der Waals surface area contributed by atoms with Crippen molar-refractivity contribution in [3.05, 3.63) is 35.9 Å². The number of rotatable bonds is 9. The van der Waals surface area contributed by atoms with Crippen LogP contribution in [0.15, 0.2) is 30.3 Å². The van der Waals surface area contributed by atoms with Gasteiger partial charge in [-0.3, -0.25) is 9.59 Å². The van der Waals surface area contributed by atoms with Gasteiger partial charge in [0.2, 0.25) is 5.91 Å². The minimum atomic E-state index is -0.463. The first-order valence-corrected chi connectivity index (χ1v) is 9.43. The van der Waals surface area contributed by atoms with Crippen LogP contribution in [0, 0.1) is 5.92 Å². The number of nitrogens with zero attached hydrogens (tertiary/aromatic N) is 1. The SMILES string of the molecule is COC(=O)CNC(=O)CCC(C1CCCCC1)N(O)Cc1ccccc1. The van der Waals surface area contributed by atoms with Gasteiger partial charge in [0.05, 0.1) is 7.11 Å². The lowest BCUT2D eigenvalue weighted by atomic mass is 9.82. The number of hydrogen-bond acceptors (Lipinski definition) is 5. The van der Waals surface area contributed by atoms with Gasteiger partial charge < -0.3 is 15.3 Å². The van der Waals surface area contributed by atoms with Gasteiger partial charge in [-0.15, -0.1) is 0 Å². The highest BCUT2D eigenvalue weighted by atomic mass is 16.5. The van der Waals surface area contributed by atoms with E-state index >= 15 is 0 Å². The Labute approximate surface area is 155 Å². The van der Waals surface area contributed by atoms with E-state index in [-0.39, 0.29) is 24.9 Å². The Bertz CT molecular complexity index is 558. The van der Waals surface area contributed by atoms with E-state index in [1.165, 1.54) is 31.4 Å². The van der Waals surface area contributed by atoms with E-state index < -0.39 is 5.97 Å². The number of nitrogens with one attached hydrogen (secondary N) is 1. The molecule has 26 heavy (non-hydrogen) atoms. The Balaban J connectivity index is 1.92. The fraction of sp³-hybridized carbons (Fsp3) is 0.600. The van der Waals surface area contributed by atoms with Crippen molar-refractivity contribution >= 4 is 11.9 Å². The summed E-state index contributed by atoms with van der Waals surface area (Å²) >= 11 is 0. The highest BCUT2D eigenvalue weighted by Gasteiger charge is 2.28. The zero-order chi connectivity index (χ0) is 18.8. The number of ether oxygens (including phenoxy) is 1. The first-order valence-electron chi connectivity index (χ1n) is 9.43. The summed E-state index contributed by atoms with van der Waals surface area (Å²) in [5.74, 6) is -0.259. The van der Waals surface area contributed by atoms with Gasteiger partial charge in [-0.05, 0) is 30.7 Å². The molecule has 0 aliphatic heterocycles. The molecule has 0 spiro atoms. The number of esters is 1. The maximum absolute atomic E-state index is 12.0. The molecule has 1 aliphatic carbocycles. The molecular formula is C20H30N2O4. The molecule has 0 saturated heterocycles. The third-order valence-electron chi connectivity index (χ3n) is 5.09. The second-order valence-electron chi connectivity index (χ2n) is 6.94. The van der Waals surface area contributed by atoms with Crippen LogP contribution in [0.4, 0.5) is 0 Å². The molecule has 1 amide bonds. The molecule has 144 valence electrons. The zero-order valence-corrected chi connectivity index (χ0v) is 15.5. The number of amides is 1. The molecule has 2 rings (SSSR count). The minimum Gasteiger partial charge on any atom is -0.468 e. The number of benzene rings is 1. The van der Waals surface area contributed by atoms with E-state index in [1.54, 1.807) is 0 Å². The van der Waals surface area contributed by atoms with E-state index in [4.69, 9.17) is 0 Å². The summed E-state index contributed by atoms with van der Waals surface area (Å²) < 4.78 is 4.52. The average Bonchev–Trinajstić information content (AvgIpc) is 2.67. The zero-order valence-electron chi connectivity index (χ0n) is 15.5. The molecule has 0 heterocycles. The van der Waals surface area contributed by atoms with Crippen LogP contribution < -0.4 is 5.32 Å². The summed E-state index contributed by atoms with van der Waals surface area (Å²) in [4.78, 5) is 23.1. The fourth-order valence-corrected chi connectivity index (χ4v) is 3.65. The van der Waals surface area contributed by atoms with Crippen molar-refractivity contribution < 1.29 is 19.5 Å². The van der Waals surface area contributed by atoms with Gasteiger partial charge in [-0.1, -0.05) is 49.6 Å². The Morgan fingerprint density at radius 1 is 1.23 bits per heavy atom. The van der Waals surface area contributed by atoms with E-state index in [0.717, 1.165) is 18.4 Å². The first kappa shape index (κ1) is 20.4. The van der Waals surface area contributed by atoms with Crippen LogP contribution >= 0.6 is 0 Å². The van der Waals surface area contributed by atoms with Gasteiger partial charge in [0.15, 0.2) is 0 Å². The smallest absolute Gasteiger partial charge is 0.325 e. The highest BCUT2D eigenvalue weighted by Crippen LogP contribution is 2.31. The molecule has 6 nitrogen and oxygen atoms in total. The summed E-state index contributed by atoms with van der Waals surface area (Å²) in [6.45, 7) is 0.335. The maximum atomic E-state index is 12.0. The Kier molecular flexibility index (Phi) is 8.58. The summed E-state index contributed by atoms with van der Waals surface area (Å²) in [6.07, 6.45) is 6.61.